The number of hydrogen-bond acceptors (Lipinski definition) is 3. The Bertz CT molecular complexity index is 914. The fourth-order valence-corrected chi connectivity index (χ4v) is 2.44. The molecule has 0 fully saturated rings. The third-order valence-electron chi connectivity index (χ3n) is 3.23. The number of nitrogens with zero attached hydrogens (tertiary/aromatic N) is 6. The van der Waals surface area contributed by atoms with Gasteiger partial charge in [0.2, 0.25) is 0 Å². The van der Waals surface area contributed by atoms with Crippen LogP contribution in [-0.4, -0.2) is 14.0 Å². The summed E-state index contributed by atoms with van der Waals surface area (Å²) in [4.78, 5) is 19.4. The molecule has 0 atom stereocenters. The molecule has 3 rings (SSSR count). The molecular formula is C13H12N6O. The monoisotopic (exact) mass is 268 g/mol. The first-order valence-corrected chi connectivity index (χ1v) is 6.20. The molecule has 100 valence electrons. The second-order valence-corrected chi connectivity index (χ2v) is 4.73. The molecular weight excluding hydrogens is 256 g/mol. The summed E-state index contributed by atoms with van der Waals surface area (Å²) in [6, 6.07) is 7.57. The van der Waals surface area contributed by atoms with Gasteiger partial charge in [0.05, 0.1) is 11.0 Å². The zero-order valence-electron chi connectivity index (χ0n) is 11.1. The highest BCUT2D eigenvalue weighted by molar-refractivity contribution is 5.81. The van der Waals surface area contributed by atoms with E-state index >= 15 is 0 Å². The first kappa shape index (κ1) is 12.3. The van der Waals surface area contributed by atoms with E-state index in [9.17, 15) is 4.79 Å². The Hall–Kier alpha value is -2.79. The molecule has 2 heterocycles. The third-order valence-corrected chi connectivity index (χ3v) is 3.23. The minimum absolute atomic E-state index is 0.00813. The standard InChI is InChI=1S/C13H12N6O/c1-8(2)19-10-6-4-3-5-9(10)18-7-15-12(16-17-14)11(18)13(19)20/h3-8H,1-2H3. The van der Waals surface area contributed by atoms with Crippen LogP contribution in [0.4, 0.5) is 5.82 Å². The Morgan fingerprint density at radius 3 is 2.65 bits per heavy atom. The molecule has 0 amide bonds. The van der Waals surface area contributed by atoms with E-state index in [-0.39, 0.29) is 17.4 Å². The molecule has 1 aromatic carbocycles. The average Bonchev–Trinajstić information content (AvgIpc) is 2.84. The molecule has 0 spiro atoms. The number of hydrogen-bond donors (Lipinski definition) is 0. The maximum absolute atomic E-state index is 12.7. The van der Waals surface area contributed by atoms with E-state index in [1.54, 1.807) is 8.97 Å². The summed E-state index contributed by atoms with van der Waals surface area (Å²) in [5.74, 6) is 0.109. The lowest BCUT2D eigenvalue weighted by molar-refractivity contribution is 0.601. The number of aromatic nitrogens is 3. The van der Waals surface area contributed by atoms with Gasteiger partial charge in [-0.25, -0.2) is 4.98 Å². The Balaban J connectivity index is 2.64. The Kier molecular flexibility index (Phi) is 2.69. The van der Waals surface area contributed by atoms with Crippen molar-refractivity contribution < 1.29 is 0 Å². The highest BCUT2D eigenvalue weighted by Crippen LogP contribution is 2.22. The molecule has 0 radical (unpaired) electrons. The summed E-state index contributed by atoms with van der Waals surface area (Å²) < 4.78 is 3.35. The molecule has 0 aliphatic rings. The smallest absolute Gasteiger partial charge is 0.277 e. The molecule has 0 saturated heterocycles. The van der Waals surface area contributed by atoms with Crippen molar-refractivity contribution in [3.63, 3.8) is 0 Å². The van der Waals surface area contributed by atoms with Crippen molar-refractivity contribution in [1.82, 2.24) is 14.0 Å². The molecule has 7 nitrogen and oxygen atoms in total. The predicted octanol–water partition coefficient (Wildman–Crippen LogP) is 3.17. The van der Waals surface area contributed by atoms with E-state index < -0.39 is 0 Å². The van der Waals surface area contributed by atoms with Gasteiger partial charge in [-0.15, -0.1) is 0 Å². The van der Waals surface area contributed by atoms with E-state index in [0.29, 0.717) is 5.52 Å². The molecule has 0 unspecified atom stereocenters. The highest BCUT2D eigenvalue weighted by atomic mass is 16.1. The number of fused-ring (bicyclic) bond motifs is 3. The van der Waals surface area contributed by atoms with Crippen molar-refractivity contribution in [3.8, 4) is 0 Å². The van der Waals surface area contributed by atoms with E-state index in [4.69, 9.17) is 5.53 Å². The van der Waals surface area contributed by atoms with Gasteiger partial charge in [0, 0.05) is 11.0 Å². The van der Waals surface area contributed by atoms with Crippen LogP contribution < -0.4 is 5.56 Å². The number of rotatable bonds is 2. The summed E-state index contributed by atoms with van der Waals surface area (Å²) in [7, 11) is 0. The maximum Gasteiger partial charge on any atom is 0.277 e. The Morgan fingerprint density at radius 1 is 1.30 bits per heavy atom. The number of benzene rings is 1. The van der Waals surface area contributed by atoms with Crippen LogP contribution in [-0.2, 0) is 0 Å². The van der Waals surface area contributed by atoms with Crippen molar-refractivity contribution >= 4 is 22.4 Å². The van der Waals surface area contributed by atoms with E-state index in [0.717, 1.165) is 11.0 Å². The zero-order chi connectivity index (χ0) is 14.3. The van der Waals surface area contributed by atoms with Crippen LogP contribution in [0.5, 0.6) is 0 Å². The van der Waals surface area contributed by atoms with E-state index in [1.807, 2.05) is 38.1 Å². The third kappa shape index (κ3) is 1.57. The molecule has 7 heteroatoms. The lowest BCUT2D eigenvalue weighted by atomic mass is 10.2. The minimum Gasteiger partial charge on any atom is -0.302 e. The molecule has 0 saturated carbocycles. The van der Waals surface area contributed by atoms with Gasteiger partial charge in [-0.1, -0.05) is 12.1 Å². The largest absolute Gasteiger partial charge is 0.302 e. The van der Waals surface area contributed by atoms with Crippen LogP contribution in [0, 0.1) is 0 Å². The molecule has 0 aliphatic carbocycles. The topological polar surface area (TPSA) is 88.1 Å². The summed E-state index contributed by atoms with van der Waals surface area (Å²) in [5.41, 5.74) is 10.3. The van der Waals surface area contributed by atoms with Crippen LogP contribution in [0.2, 0.25) is 0 Å². The molecule has 0 bridgehead atoms. The summed E-state index contributed by atoms with van der Waals surface area (Å²) in [6.45, 7) is 3.88. The van der Waals surface area contributed by atoms with Crippen LogP contribution in [0.15, 0.2) is 40.5 Å². The van der Waals surface area contributed by atoms with E-state index in [1.165, 1.54) is 6.33 Å². The number of para-hydroxylation sites is 2. The van der Waals surface area contributed by atoms with Gasteiger partial charge >= 0.3 is 0 Å². The second-order valence-electron chi connectivity index (χ2n) is 4.73. The van der Waals surface area contributed by atoms with Crippen molar-refractivity contribution in [2.75, 3.05) is 0 Å². The van der Waals surface area contributed by atoms with Crippen LogP contribution in [0.3, 0.4) is 0 Å². The first-order valence-electron chi connectivity index (χ1n) is 6.20. The van der Waals surface area contributed by atoms with E-state index in [2.05, 4.69) is 15.0 Å². The van der Waals surface area contributed by atoms with Gasteiger partial charge in [0.15, 0.2) is 5.82 Å². The molecule has 2 aromatic heterocycles. The fourth-order valence-electron chi connectivity index (χ4n) is 2.44. The summed E-state index contributed by atoms with van der Waals surface area (Å²) >= 11 is 0. The first-order chi connectivity index (χ1) is 9.65. The number of imidazole rings is 1. The van der Waals surface area contributed by atoms with Crippen LogP contribution in [0.1, 0.15) is 19.9 Å². The quantitative estimate of drug-likeness (QED) is 0.406. The lowest BCUT2D eigenvalue weighted by Gasteiger charge is -2.15. The lowest BCUT2D eigenvalue weighted by Crippen LogP contribution is -2.24. The van der Waals surface area contributed by atoms with Gasteiger partial charge in [-0.2, -0.15) is 0 Å². The molecule has 0 N–H and O–H groups in total. The van der Waals surface area contributed by atoms with Crippen LogP contribution >= 0.6 is 0 Å². The average molecular weight is 268 g/mol. The second kappa shape index (κ2) is 4.40. The van der Waals surface area contributed by atoms with Gasteiger partial charge in [-0.05, 0) is 36.6 Å². The SMILES string of the molecule is CC(C)n1c(=O)c2c(N=[N+]=[N-])ncn2c2ccccc21. The number of azide groups is 1. The summed E-state index contributed by atoms with van der Waals surface area (Å²) in [6.07, 6.45) is 1.51. The fraction of sp³-hybridized carbons (Fsp3) is 0.231. The minimum atomic E-state index is -0.210. The predicted molar refractivity (Wildman–Crippen MR) is 76.1 cm³/mol. The normalized spacial score (nSPS) is 11.2. The molecule has 3 aromatic rings. The van der Waals surface area contributed by atoms with Gasteiger partial charge in [-0.3, -0.25) is 9.20 Å². The van der Waals surface area contributed by atoms with Crippen molar-refractivity contribution in [2.45, 2.75) is 19.9 Å². The Labute approximate surface area is 113 Å². The Morgan fingerprint density at radius 2 is 2.00 bits per heavy atom. The van der Waals surface area contributed by atoms with Gasteiger partial charge < -0.3 is 4.57 Å². The zero-order valence-corrected chi connectivity index (χ0v) is 11.1. The van der Waals surface area contributed by atoms with Gasteiger partial charge in [0.25, 0.3) is 5.56 Å². The highest BCUT2D eigenvalue weighted by Gasteiger charge is 2.16. The molecule has 0 aliphatic heterocycles. The van der Waals surface area contributed by atoms with Gasteiger partial charge in [0.1, 0.15) is 11.8 Å². The van der Waals surface area contributed by atoms with Crippen molar-refractivity contribution in [2.24, 2.45) is 5.11 Å². The maximum atomic E-state index is 12.7. The van der Waals surface area contributed by atoms with Crippen molar-refractivity contribution in [1.29, 1.82) is 0 Å². The summed E-state index contributed by atoms with van der Waals surface area (Å²) in [5, 5.41) is 3.50. The van der Waals surface area contributed by atoms with Crippen molar-refractivity contribution in [3.05, 3.63) is 51.4 Å². The van der Waals surface area contributed by atoms with Crippen LogP contribution in [0.25, 0.3) is 27.0 Å². The molecule has 20 heavy (non-hydrogen) atoms.